The van der Waals surface area contributed by atoms with Crippen LogP contribution in [0, 0.1) is 11.3 Å². The SMILES string of the molecule is N#Cc1ccc(-c2ccccc2-c2ccc3cc(-c4ccc5ccc6cccc7ccc4c5c67)c4ccccc4c3c2)cc1. The number of rotatable bonds is 3. The molecule has 0 fully saturated rings. The van der Waals surface area contributed by atoms with Crippen molar-refractivity contribution in [3.63, 3.8) is 0 Å². The van der Waals surface area contributed by atoms with Gasteiger partial charge in [-0.15, -0.1) is 0 Å². The smallest absolute Gasteiger partial charge is 0.0991 e. The van der Waals surface area contributed by atoms with Crippen molar-refractivity contribution in [2.24, 2.45) is 0 Å². The maximum absolute atomic E-state index is 9.28. The van der Waals surface area contributed by atoms with Gasteiger partial charge in [-0.05, 0) is 112 Å². The Morgan fingerprint density at radius 1 is 0.341 bits per heavy atom. The predicted octanol–water partition coefficient (Wildman–Crippen LogP) is 11.8. The van der Waals surface area contributed by atoms with E-state index in [0.29, 0.717) is 5.56 Å². The molecule has 0 saturated carbocycles. The van der Waals surface area contributed by atoms with Gasteiger partial charge in [0.2, 0.25) is 0 Å². The van der Waals surface area contributed by atoms with Gasteiger partial charge in [0, 0.05) is 0 Å². The van der Waals surface area contributed by atoms with Crippen molar-refractivity contribution in [2.75, 3.05) is 0 Å². The first kappa shape index (κ1) is 24.6. The Labute approximate surface area is 255 Å². The fourth-order valence-electron chi connectivity index (χ4n) is 7.17. The summed E-state index contributed by atoms with van der Waals surface area (Å²) >= 11 is 0. The second-order valence-electron chi connectivity index (χ2n) is 11.6. The van der Waals surface area contributed by atoms with Gasteiger partial charge in [-0.3, -0.25) is 0 Å². The van der Waals surface area contributed by atoms with Crippen molar-refractivity contribution in [1.82, 2.24) is 0 Å². The molecule has 0 aliphatic heterocycles. The zero-order chi connectivity index (χ0) is 29.2. The van der Waals surface area contributed by atoms with E-state index < -0.39 is 0 Å². The standard InChI is InChI=1S/C43H25N/c44-26-27-12-14-28(15-13-27)34-8-1-2-9-35(34)32-18-19-33-25-41(37-11-4-3-10-36(37)40(33)24-32)38-22-20-31-17-16-29-6-5-7-30-21-23-39(38)43(31)42(29)30/h1-25H. The molecule has 9 aromatic carbocycles. The highest BCUT2D eigenvalue weighted by molar-refractivity contribution is 6.27. The average molecular weight is 556 g/mol. The Morgan fingerprint density at radius 2 is 0.955 bits per heavy atom. The minimum absolute atomic E-state index is 0.670. The number of fused-ring (bicyclic) bond motifs is 3. The van der Waals surface area contributed by atoms with Crippen molar-refractivity contribution in [3.8, 4) is 39.4 Å². The van der Waals surface area contributed by atoms with Crippen LogP contribution in [0.2, 0.25) is 0 Å². The lowest BCUT2D eigenvalue weighted by Crippen LogP contribution is -1.90. The lowest BCUT2D eigenvalue weighted by Gasteiger charge is -2.17. The predicted molar refractivity (Wildman–Crippen MR) is 186 cm³/mol. The van der Waals surface area contributed by atoms with Crippen LogP contribution in [0.25, 0.3) is 87.2 Å². The fourth-order valence-corrected chi connectivity index (χ4v) is 7.17. The zero-order valence-electron chi connectivity index (χ0n) is 23.9. The van der Waals surface area contributed by atoms with Crippen LogP contribution in [-0.2, 0) is 0 Å². The number of hydrogen-bond acceptors (Lipinski definition) is 1. The highest BCUT2D eigenvalue weighted by atomic mass is 14.2. The first-order chi connectivity index (χ1) is 21.8. The third-order valence-electron chi connectivity index (χ3n) is 9.24. The van der Waals surface area contributed by atoms with Crippen LogP contribution < -0.4 is 0 Å². The molecular weight excluding hydrogens is 530 g/mol. The average Bonchev–Trinajstić information content (AvgIpc) is 3.10. The van der Waals surface area contributed by atoms with Crippen LogP contribution in [0.3, 0.4) is 0 Å². The molecule has 0 spiro atoms. The summed E-state index contributed by atoms with van der Waals surface area (Å²) < 4.78 is 0. The summed E-state index contributed by atoms with van der Waals surface area (Å²) in [6.07, 6.45) is 0. The molecule has 0 heterocycles. The van der Waals surface area contributed by atoms with Gasteiger partial charge < -0.3 is 0 Å². The molecule has 0 saturated heterocycles. The third-order valence-corrected chi connectivity index (χ3v) is 9.24. The van der Waals surface area contributed by atoms with E-state index in [4.69, 9.17) is 0 Å². The van der Waals surface area contributed by atoms with Crippen LogP contribution in [0.15, 0.2) is 152 Å². The Balaban J connectivity index is 1.27. The minimum Gasteiger partial charge on any atom is -0.192 e. The van der Waals surface area contributed by atoms with Crippen molar-refractivity contribution in [3.05, 3.63) is 157 Å². The van der Waals surface area contributed by atoms with E-state index in [-0.39, 0.29) is 0 Å². The van der Waals surface area contributed by atoms with E-state index in [2.05, 4.69) is 133 Å². The van der Waals surface area contributed by atoms with Gasteiger partial charge in [0.25, 0.3) is 0 Å². The molecule has 9 rings (SSSR count). The van der Waals surface area contributed by atoms with Crippen molar-refractivity contribution >= 4 is 53.9 Å². The van der Waals surface area contributed by atoms with E-state index >= 15 is 0 Å². The minimum atomic E-state index is 0.670. The Bertz CT molecular complexity index is 2580. The molecule has 0 radical (unpaired) electrons. The number of hydrogen-bond donors (Lipinski definition) is 0. The highest BCUT2D eigenvalue weighted by Gasteiger charge is 2.16. The lowest BCUT2D eigenvalue weighted by atomic mass is 9.86. The molecule has 0 aliphatic carbocycles. The van der Waals surface area contributed by atoms with Crippen molar-refractivity contribution in [2.45, 2.75) is 0 Å². The van der Waals surface area contributed by atoms with Gasteiger partial charge in [0.15, 0.2) is 0 Å². The van der Waals surface area contributed by atoms with Gasteiger partial charge >= 0.3 is 0 Å². The first-order valence-corrected chi connectivity index (χ1v) is 15.0. The summed E-state index contributed by atoms with van der Waals surface area (Å²) in [6, 6.07) is 56.9. The molecule has 0 amide bonds. The van der Waals surface area contributed by atoms with E-state index in [1.165, 1.54) is 76.1 Å². The molecule has 0 unspecified atom stereocenters. The van der Waals surface area contributed by atoms with Gasteiger partial charge in [-0.25, -0.2) is 0 Å². The second kappa shape index (κ2) is 9.53. The molecule has 0 aliphatic rings. The molecular formula is C43H25N. The Hall–Kier alpha value is -5.97. The molecule has 0 bridgehead atoms. The summed E-state index contributed by atoms with van der Waals surface area (Å²) in [5, 5.41) is 22.1. The molecule has 1 nitrogen and oxygen atoms in total. The number of nitrogens with zero attached hydrogens (tertiary/aromatic N) is 1. The molecule has 202 valence electrons. The molecule has 0 atom stereocenters. The van der Waals surface area contributed by atoms with Crippen LogP contribution in [0.5, 0.6) is 0 Å². The van der Waals surface area contributed by atoms with E-state index in [0.717, 1.165) is 11.1 Å². The van der Waals surface area contributed by atoms with E-state index in [1.54, 1.807) is 0 Å². The van der Waals surface area contributed by atoms with Crippen LogP contribution in [-0.4, -0.2) is 0 Å². The largest absolute Gasteiger partial charge is 0.192 e. The maximum atomic E-state index is 9.28. The summed E-state index contributed by atoms with van der Waals surface area (Å²) in [7, 11) is 0. The molecule has 1 heteroatoms. The normalized spacial score (nSPS) is 11.6. The number of benzene rings is 9. The van der Waals surface area contributed by atoms with Gasteiger partial charge in [-0.1, -0.05) is 127 Å². The molecule has 44 heavy (non-hydrogen) atoms. The van der Waals surface area contributed by atoms with E-state index in [1.807, 2.05) is 24.3 Å². The van der Waals surface area contributed by atoms with Gasteiger partial charge in [0.1, 0.15) is 0 Å². The van der Waals surface area contributed by atoms with Gasteiger partial charge in [0.05, 0.1) is 11.6 Å². The first-order valence-electron chi connectivity index (χ1n) is 15.0. The van der Waals surface area contributed by atoms with E-state index in [9.17, 15) is 5.26 Å². The summed E-state index contributed by atoms with van der Waals surface area (Å²) in [6.45, 7) is 0. The lowest BCUT2D eigenvalue weighted by molar-refractivity contribution is 1.48. The second-order valence-corrected chi connectivity index (χ2v) is 11.6. The fraction of sp³-hybridized carbons (Fsp3) is 0. The van der Waals surface area contributed by atoms with Crippen molar-refractivity contribution < 1.29 is 0 Å². The zero-order valence-corrected chi connectivity index (χ0v) is 23.9. The van der Waals surface area contributed by atoms with Crippen LogP contribution in [0.1, 0.15) is 5.56 Å². The maximum Gasteiger partial charge on any atom is 0.0991 e. The summed E-state index contributed by atoms with van der Waals surface area (Å²) in [4.78, 5) is 0. The summed E-state index contributed by atoms with van der Waals surface area (Å²) in [5.74, 6) is 0. The highest BCUT2D eigenvalue weighted by Crippen LogP contribution is 2.43. The monoisotopic (exact) mass is 555 g/mol. The van der Waals surface area contributed by atoms with Crippen LogP contribution >= 0.6 is 0 Å². The van der Waals surface area contributed by atoms with Crippen LogP contribution in [0.4, 0.5) is 0 Å². The third kappa shape index (κ3) is 3.65. The molecule has 0 N–H and O–H groups in total. The molecule has 9 aromatic rings. The molecule has 0 aromatic heterocycles. The topological polar surface area (TPSA) is 23.8 Å². The number of nitriles is 1. The summed E-state index contributed by atoms with van der Waals surface area (Å²) in [5.41, 5.74) is 7.82. The quantitative estimate of drug-likeness (QED) is 0.199. The Kier molecular flexibility index (Phi) is 5.33. The van der Waals surface area contributed by atoms with Crippen molar-refractivity contribution in [1.29, 1.82) is 5.26 Å². The Morgan fingerprint density at radius 3 is 1.73 bits per heavy atom. The van der Waals surface area contributed by atoms with Gasteiger partial charge in [-0.2, -0.15) is 5.26 Å².